The van der Waals surface area contributed by atoms with Crippen molar-refractivity contribution in [3.05, 3.63) is 77.4 Å². The zero-order valence-corrected chi connectivity index (χ0v) is 14.1. The highest BCUT2D eigenvalue weighted by Crippen LogP contribution is 2.18. The van der Waals surface area contributed by atoms with Crippen LogP contribution in [-0.2, 0) is 6.61 Å². The van der Waals surface area contributed by atoms with Gasteiger partial charge in [-0.2, -0.15) is 0 Å². The van der Waals surface area contributed by atoms with E-state index in [9.17, 15) is 0 Å². The van der Waals surface area contributed by atoms with E-state index in [1.807, 2.05) is 54.6 Å². The van der Waals surface area contributed by atoms with Gasteiger partial charge < -0.3 is 15.2 Å². The Kier molecular flexibility index (Phi) is 7.10. The fourth-order valence-electron chi connectivity index (χ4n) is 2.21. The van der Waals surface area contributed by atoms with Crippen molar-refractivity contribution in [3.63, 3.8) is 0 Å². The molecular weight excluding hydrogens is 298 g/mol. The molecule has 3 nitrogen and oxygen atoms in total. The average Bonchev–Trinajstić information content (AvgIpc) is 2.64. The number of hydrogen-bond acceptors (Lipinski definition) is 3. The molecule has 0 spiro atoms. The van der Waals surface area contributed by atoms with Gasteiger partial charge in [0.05, 0.1) is 13.7 Å². The molecule has 0 fully saturated rings. The normalized spacial score (nSPS) is 11.8. The van der Waals surface area contributed by atoms with Crippen LogP contribution in [0.3, 0.4) is 0 Å². The summed E-state index contributed by atoms with van der Waals surface area (Å²) in [6.07, 6.45) is 3.86. The molecule has 24 heavy (non-hydrogen) atoms. The summed E-state index contributed by atoms with van der Waals surface area (Å²) in [7, 11) is 1.68. The predicted octanol–water partition coefficient (Wildman–Crippen LogP) is 3.45. The smallest absolute Gasteiger partial charge is 0.119 e. The van der Waals surface area contributed by atoms with Gasteiger partial charge >= 0.3 is 0 Å². The summed E-state index contributed by atoms with van der Waals surface area (Å²) in [5, 5.41) is 12.4. The zero-order valence-electron chi connectivity index (χ0n) is 14.1. The molecule has 1 atom stereocenters. The molecule has 0 aromatic heterocycles. The highest BCUT2D eigenvalue weighted by Gasteiger charge is 2.04. The van der Waals surface area contributed by atoms with Crippen molar-refractivity contribution in [2.24, 2.45) is 0 Å². The Morgan fingerprint density at radius 3 is 2.71 bits per heavy atom. The second-order valence-corrected chi connectivity index (χ2v) is 5.43. The monoisotopic (exact) mass is 321 g/mol. The molecule has 2 aromatic carbocycles. The number of aliphatic hydroxyl groups is 1. The summed E-state index contributed by atoms with van der Waals surface area (Å²) in [6.45, 7) is 2.93. The van der Waals surface area contributed by atoms with Gasteiger partial charge in [-0.05, 0) is 48.4 Å². The van der Waals surface area contributed by atoms with E-state index in [1.54, 1.807) is 7.11 Å². The lowest BCUT2D eigenvalue weighted by atomic mass is 10.1. The second-order valence-electron chi connectivity index (χ2n) is 5.43. The fraction of sp³-hybridized carbons (Fsp3) is 0.238. The quantitative estimate of drug-likeness (QED) is 0.801. The number of aliphatic hydroxyl groups excluding tert-OH is 1. The molecular formula is C21H23NO2. The van der Waals surface area contributed by atoms with Crippen LogP contribution in [0.15, 0.2) is 60.7 Å². The lowest BCUT2D eigenvalue weighted by molar-refractivity contribution is 0.282. The van der Waals surface area contributed by atoms with Gasteiger partial charge in [0.15, 0.2) is 0 Å². The summed E-state index contributed by atoms with van der Waals surface area (Å²) >= 11 is 0. The van der Waals surface area contributed by atoms with Crippen molar-refractivity contribution >= 4 is 0 Å². The van der Waals surface area contributed by atoms with E-state index in [1.165, 1.54) is 5.56 Å². The molecule has 2 rings (SSSR count). The Balaban J connectivity index is 1.80. The highest BCUT2D eigenvalue weighted by atomic mass is 16.5. The van der Waals surface area contributed by atoms with Crippen LogP contribution in [0.2, 0.25) is 0 Å². The largest absolute Gasteiger partial charge is 0.497 e. The van der Waals surface area contributed by atoms with Crippen molar-refractivity contribution < 1.29 is 9.84 Å². The van der Waals surface area contributed by atoms with E-state index in [0.717, 1.165) is 23.4 Å². The maximum atomic E-state index is 9.00. The Morgan fingerprint density at radius 2 is 2.00 bits per heavy atom. The molecule has 0 radical (unpaired) electrons. The van der Waals surface area contributed by atoms with E-state index in [-0.39, 0.29) is 12.6 Å². The molecule has 2 N–H and O–H groups in total. The standard InChI is InChI=1S/C21H23NO2/c1-17(20-8-6-9-21(15-20)24-2)22-14-5-3-4-7-18-10-12-19(16-23)13-11-18/h3,5-6,8-13,15,17,22-23H,14,16H2,1-2H3/b5-3+/t17-/m1/s1. The second kappa shape index (κ2) is 9.57. The summed E-state index contributed by atoms with van der Waals surface area (Å²) in [6, 6.07) is 15.9. The van der Waals surface area contributed by atoms with Crippen LogP contribution in [-0.4, -0.2) is 18.8 Å². The maximum Gasteiger partial charge on any atom is 0.119 e. The Hall–Kier alpha value is -2.54. The van der Waals surface area contributed by atoms with Crippen molar-refractivity contribution in [2.45, 2.75) is 19.6 Å². The minimum absolute atomic E-state index is 0.0603. The summed E-state index contributed by atoms with van der Waals surface area (Å²) < 4.78 is 5.25. The molecule has 0 saturated carbocycles. The number of rotatable bonds is 6. The van der Waals surface area contributed by atoms with Gasteiger partial charge in [-0.15, -0.1) is 0 Å². The van der Waals surface area contributed by atoms with Gasteiger partial charge in [0.25, 0.3) is 0 Å². The number of ether oxygens (including phenoxy) is 1. The molecule has 3 heteroatoms. The maximum absolute atomic E-state index is 9.00. The third-order valence-electron chi connectivity index (χ3n) is 3.69. The molecule has 0 aliphatic carbocycles. The van der Waals surface area contributed by atoms with Crippen molar-refractivity contribution in [1.29, 1.82) is 0 Å². The van der Waals surface area contributed by atoms with Crippen LogP contribution in [0, 0.1) is 11.8 Å². The Labute approximate surface area is 144 Å². The summed E-state index contributed by atoms with van der Waals surface area (Å²) in [4.78, 5) is 0. The molecule has 0 amide bonds. The fourth-order valence-corrected chi connectivity index (χ4v) is 2.21. The topological polar surface area (TPSA) is 41.5 Å². The molecule has 0 aliphatic rings. The van der Waals surface area contributed by atoms with Crippen molar-refractivity contribution in [1.82, 2.24) is 5.32 Å². The minimum Gasteiger partial charge on any atom is -0.497 e. The Morgan fingerprint density at radius 1 is 1.21 bits per heavy atom. The molecule has 0 aliphatic heterocycles. The van der Waals surface area contributed by atoms with Gasteiger partial charge in [0.1, 0.15) is 5.75 Å². The van der Waals surface area contributed by atoms with Crippen molar-refractivity contribution in [2.75, 3.05) is 13.7 Å². The summed E-state index contributed by atoms with van der Waals surface area (Å²) in [5.74, 6) is 6.96. The van der Waals surface area contributed by atoms with Crippen LogP contribution in [0.25, 0.3) is 0 Å². The number of methoxy groups -OCH3 is 1. The number of nitrogens with one attached hydrogen (secondary N) is 1. The van der Waals surface area contributed by atoms with E-state index < -0.39 is 0 Å². The number of hydrogen-bond donors (Lipinski definition) is 2. The molecule has 2 aromatic rings. The van der Waals surface area contributed by atoms with Gasteiger partial charge in [-0.25, -0.2) is 0 Å². The molecule has 124 valence electrons. The predicted molar refractivity (Wildman–Crippen MR) is 97.8 cm³/mol. The lowest BCUT2D eigenvalue weighted by Crippen LogP contribution is -2.18. The first kappa shape index (κ1) is 17.8. The SMILES string of the molecule is COc1cccc([C@@H](C)NC/C=C/C#Cc2ccc(CO)cc2)c1. The van der Waals surface area contributed by atoms with Crippen LogP contribution in [0.5, 0.6) is 5.75 Å². The van der Waals surface area contributed by atoms with Crippen LogP contribution in [0.4, 0.5) is 0 Å². The molecule has 0 saturated heterocycles. The average molecular weight is 321 g/mol. The third-order valence-corrected chi connectivity index (χ3v) is 3.69. The minimum atomic E-state index is 0.0603. The van der Waals surface area contributed by atoms with Gasteiger partial charge in [-0.1, -0.05) is 42.2 Å². The van der Waals surface area contributed by atoms with E-state index >= 15 is 0 Å². The number of allylic oxidation sites excluding steroid dienone is 1. The first-order valence-corrected chi connectivity index (χ1v) is 7.96. The third kappa shape index (κ3) is 5.58. The molecule has 0 heterocycles. The van der Waals surface area contributed by atoms with Crippen LogP contribution in [0.1, 0.15) is 29.7 Å². The summed E-state index contributed by atoms with van der Waals surface area (Å²) in [5.41, 5.74) is 3.03. The van der Waals surface area contributed by atoms with Crippen molar-refractivity contribution in [3.8, 4) is 17.6 Å². The van der Waals surface area contributed by atoms with Gasteiger partial charge in [0.2, 0.25) is 0 Å². The first-order chi connectivity index (χ1) is 11.7. The Bertz CT molecular complexity index is 723. The van der Waals surface area contributed by atoms with Gasteiger partial charge in [0, 0.05) is 18.2 Å². The zero-order chi connectivity index (χ0) is 17.2. The van der Waals surface area contributed by atoms with E-state index in [4.69, 9.17) is 9.84 Å². The highest BCUT2D eigenvalue weighted by molar-refractivity contribution is 5.38. The molecule has 0 bridgehead atoms. The lowest BCUT2D eigenvalue weighted by Gasteiger charge is -2.13. The van der Waals surface area contributed by atoms with Crippen LogP contribution < -0.4 is 10.1 Å². The van der Waals surface area contributed by atoms with Gasteiger partial charge in [-0.3, -0.25) is 0 Å². The van der Waals surface area contributed by atoms with E-state index in [2.05, 4.69) is 30.1 Å². The first-order valence-electron chi connectivity index (χ1n) is 7.96. The van der Waals surface area contributed by atoms with Crippen LogP contribution >= 0.6 is 0 Å². The number of benzene rings is 2. The van der Waals surface area contributed by atoms with E-state index in [0.29, 0.717) is 0 Å². The molecule has 0 unspecified atom stereocenters.